The molecule has 1 heterocycles. The van der Waals surface area contributed by atoms with Crippen LogP contribution in [0.5, 0.6) is 11.5 Å². The molecular weight excluding hydrogens is 378 g/mol. The largest absolute Gasteiger partial charge is 0.493 e. The van der Waals surface area contributed by atoms with Gasteiger partial charge in [0.25, 0.3) is 0 Å². The lowest BCUT2D eigenvalue weighted by atomic mass is 10.1. The Bertz CT molecular complexity index is 887. The van der Waals surface area contributed by atoms with E-state index in [0.717, 1.165) is 25.2 Å². The summed E-state index contributed by atoms with van der Waals surface area (Å²) in [6.07, 6.45) is 3.45. The first kappa shape index (κ1) is 21.7. The van der Waals surface area contributed by atoms with E-state index in [2.05, 4.69) is 48.2 Å². The molecular formula is C24H31N3O3. The number of nitrogens with zero attached hydrogens (tertiary/aromatic N) is 3. The molecule has 1 saturated heterocycles. The van der Waals surface area contributed by atoms with Crippen LogP contribution in [0.2, 0.25) is 0 Å². The quantitative estimate of drug-likeness (QED) is 0.658. The number of carbonyl (C=O) groups excluding carboxylic acids is 1. The Kier molecular flexibility index (Phi) is 7.36. The molecule has 0 atom stereocenters. The molecule has 6 nitrogen and oxygen atoms in total. The first-order chi connectivity index (χ1) is 14.5. The molecule has 2 aromatic carbocycles. The first-order valence-electron chi connectivity index (χ1n) is 10.2. The Hall–Kier alpha value is -2.99. The normalized spacial score (nSPS) is 14.4. The highest BCUT2D eigenvalue weighted by Gasteiger charge is 2.20. The zero-order valence-corrected chi connectivity index (χ0v) is 18.3. The standard InChI is InChI=1S/C24H31N3O3/c1-25(2)18-20-6-5-7-21(16-20)26-12-14-27(15-13-26)24(28)11-9-19-8-10-22(29-3)23(17-19)30-4/h5-11,16-17H,12-15,18H2,1-4H3/b11-9+. The van der Waals surface area contributed by atoms with Crippen LogP contribution in [0.1, 0.15) is 11.1 Å². The predicted molar refractivity (Wildman–Crippen MR) is 121 cm³/mol. The van der Waals surface area contributed by atoms with Gasteiger partial charge in [0.05, 0.1) is 14.2 Å². The summed E-state index contributed by atoms with van der Waals surface area (Å²) >= 11 is 0. The Morgan fingerprint density at radius 2 is 1.73 bits per heavy atom. The van der Waals surface area contributed by atoms with Gasteiger partial charge in [-0.25, -0.2) is 0 Å². The molecule has 1 amide bonds. The van der Waals surface area contributed by atoms with Crippen molar-refractivity contribution in [3.63, 3.8) is 0 Å². The van der Waals surface area contributed by atoms with Crippen molar-refractivity contribution in [2.75, 3.05) is 59.4 Å². The highest BCUT2D eigenvalue weighted by molar-refractivity contribution is 5.92. The number of amides is 1. The van der Waals surface area contributed by atoms with Crippen LogP contribution in [0.4, 0.5) is 5.69 Å². The molecule has 1 aliphatic rings. The molecule has 0 saturated carbocycles. The second-order valence-electron chi connectivity index (χ2n) is 7.67. The average Bonchev–Trinajstić information content (AvgIpc) is 2.77. The third kappa shape index (κ3) is 5.54. The number of hydrogen-bond donors (Lipinski definition) is 0. The maximum Gasteiger partial charge on any atom is 0.246 e. The summed E-state index contributed by atoms with van der Waals surface area (Å²) < 4.78 is 10.6. The number of methoxy groups -OCH3 is 2. The zero-order valence-electron chi connectivity index (χ0n) is 18.3. The van der Waals surface area contributed by atoms with Gasteiger partial charge in [-0.2, -0.15) is 0 Å². The van der Waals surface area contributed by atoms with Crippen molar-refractivity contribution >= 4 is 17.7 Å². The van der Waals surface area contributed by atoms with Crippen molar-refractivity contribution in [3.05, 3.63) is 59.7 Å². The Morgan fingerprint density at radius 3 is 2.40 bits per heavy atom. The lowest BCUT2D eigenvalue weighted by Gasteiger charge is -2.36. The Balaban J connectivity index is 1.57. The van der Waals surface area contributed by atoms with E-state index >= 15 is 0 Å². The summed E-state index contributed by atoms with van der Waals surface area (Å²) in [5, 5.41) is 0. The smallest absolute Gasteiger partial charge is 0.246 e. The topological polar surface area (TPSA) is 45.2 Å². The fourth-order valence-corrected chi connectivity index (χ4v) is 3.63. The van der Waals surface area contributed by atoms with Crippen LogP contribution in [0.15, 0.2) is 48.5 Å². The SMILES string of the molecule is COc1ccc(/C=C/C(=O)N2CCN(c3cccc(CN(C)C)c3)CC2)cc1OC. The molecule has 2 aromatic rings. The molecule has 160 valence electrons. The van der Waals surface area contributed by atoms with Gasteiger partial charge < -0.3 is 24.2 Å². The molecule has 3 rings (SSSR count). The van der Waals surface area contributed by atoms with Crippen molar-refractivity contribution in [1.82, 2.24) is 9.80 Å². The molecule has 0 spiro atoms. The third-order valence-corrected chi connectivity index (χ3v) is 5.19. The Labute approximate surface area is 179 Å². The van der Waals surface area contributed by atoms with E-state index in [1.807, 2.05) is 29.2 Å². The van der Waals surface area contributed by atoms with E-state index in [4.69, 9.17) is 9.47 Å². The van der Waals surface area contributed by atoms with E-state index in [1.54, 1.807) is 20.3 Å². The lowest BCUT2D eigenvalue weighted by molar-refractivity contribution is -0.126. The number of piperazine rings is 1. The molecule has 0 N–H and O–H groups in total. The van der Waals surface area contributed by atoms with Gasteiger partial charge in [0.2, 0.25) is 5.91 Å². The van der Waals surface area contributed by atoms with Gasteiger partial charge in [-0.1, -0.05) is 18.2 Å². The number of ether oxygens (including phenoxy) is 2. The first-order valence-corrected chi connectivity index (χ1v) is 10.2. The third-order valence-electron chi connectivity index (χ3n) is 5.19. The zero-order chi connectivity index (χ0) is 21.5. The lowest BCUT2D eigenvalue weighted by Crippen LogP contribution is -2.48. The van der Waals surface area contributed by atoms with Crippen LogP contribution < -0.4 is 14.4 Å². The van der Waals surface area contributed by atoms with E-state index in [9.17, 15) is 4.79 Å². The molecule has 0 aromatic heterocycles. The highest BCUT2D eigenvalue weighted by atomic mass is 16.5. The van der Waals surface area contributed by atoms with Gasteiger partial charge in [0.15, 0.2) is 11.5 Å². The number of rotatable bonds is 7. The molecule has 6 heteroatoms. The van der Waals surface area contributed by atoms with E-state index in [-0.39, 0.29) is 5.91 Å². The van der Waals surface area contributed by atoms with Crippen LogP contribution >= 0.6 is 0 Å². The van der Waals surface area contributed by atoms with Gasteiger partial charge in [-0.15, -0.1) is 0 Å². The maximum absolute atomic E-state index is 12.6. The van der Waals surface area contributed by atoms with Gasteiger partial charge >= 0.3 is 0 Å². The number of carbonyl (C=O) groups is 1. The van der Waals surface area contributed by atoms with Gasteiger partial charge in [0, 0.05) is 44.5 Å². The summed E-state index contributed by atoms with van der Waals surface area (Å²) in [6, 6.07) is 14.3. The molecule has 0 bridgehead atoms. The van der Waals surface area contributed by atoms with Crippen LogP contribution in [0, 0.1) is 0 Å². The van der Waals surface area contributed by atoms with Crippen molar-refractivity contribution in [1.29, 1.82) is 0 Å². The summed E-state index contributed by atoms with van der Waals surface area (Å²) in [7, 11) is 7.36. The van der Waals surface area contributed by atoms with E-state index in [1.165, 1.54) is 11.3 Å². The second kappa shape index (κ2) is 10.2. The summed E-state index contributed by atoms with van der Waals surface area (Å²) in [4.78, 5) is 19.0. The van der Waals surface area contributed by atoms with Crippen LogP contribution in [-0.4, -0.2) is 70.2 Å². The summed E-state index contributed by atoms with van der Waals surface area (Å²) in [6.45, 7) is 4.02. The number of anilines is 1. The van der Waals surface area contributed by atoms with Gasteiger partial charge in [-0.3, -0.25) is 4.79 Å². The molecule has 0 radical (unpaired) electrons. The Morgan fingerprint density at radius 1 is 1.00 bits per heavy atom. The fourth-order valence-electron chi connectivity index (χ4n) is 3.63. The molecule has 1 fully saturated rings. The monoisotopic (exact) mass is 409 g/mol. The van der Waals surface area contributed by atoms with Crippen molar-refractivity contribution in [2.24, 2.45) is 0 Å². The average molecular weight is 410 g/mol. The second-order valence-corrected chi connectivity index (χ2v) is 7.67. The van der Waals surface area contributed by atoms with Crippen LogP contribution in [0.25, 0.3) is 6.08 Å². The summed E-state index contributed by atoms with van der Waals surface area (Å²) in [5.41, 5.74) is 3.42. The number of hydrogen-bond acceptors (Lipinski definition) is 5. The van der Waals surface area contributed by atoms with E-state index < -0.39 is 0 Å². The van der Waals surface area contributed by atoms with Crippen LogP contribution in [0.3, 0.4) is 0 Å². The number of benzene rings is 2. The minimum Gasteiger partial charge on any atom is -0.493 e. The molecule has 30 heavy (non-hydrogen) atoms. The molecule has 1 aliphatic heterocycles. The van der Waals surface area contributed by atoms with Gasteiger partial charge in [-0.05, 0) is 55.6 Å². The summed E-state index contributed by atoms with van der Waals surface area (Å²) in [5.74, 6) is 1.36. The maximum atomic E-state index is 12.6. The highest BCUT2D eigenvalue weighted by Crippen LogP contribution is 2.28. The van der Waals surface area contributed by atoms with Crippen molar-refractivity contribution in [3.8, 4) is 11.5 Å². The molecule has 0 aliphatic carbocycles. The van der Waals surface area contributed by atoms with E-state index in [0.29, 0.717) is 24.6 Å². The predicted octanol–water partition coefficient (Wildman–Crippen LogP) is 3.13. The minimum absolute atomic E-state index is 0.0331. The van der Waals surface area contributed by atoms with Crippen molar-refractivity contribution in [2.45, 2.75) is 6.54 Å². The molecule has 0 unspecified atom stereocenters. The van der Waals surface area contributed by atoms with Crippen LogP contribution in [-0.2, 0) is 11.3 Å². The fraction of sp³-hybridized carbons (Fsp3) is 0.375. The van der Waals surface area contributed by atoms with Gasteiger partial charge in [0.1, 0.15) is 0 Å². The van der Waals surface area contributed by atoms with Crippen molar-refractivity contribution < 1.29 is 14.3 Å². The minimum atomic E-state index is 0.0331.